The largest absolute Gasteiger partial charge is 0.444 e. The summed E-state index contributed by atoms with van der Waals surface area (Å²) in [5.74, 6) is -0.0232. The lowest BCUT2D eigenvalue weighted by Crippen LogP contribution is -2.56. The van der Waals surface area contributed by atoms with Crippen molar-refractivity contribution in [3.8, 4) is 0 Å². The second kappa shape index (κ2) is 7.11. The van der Waals surface area contributed by atoms with Crippen molar-refractivity contribution in [2.45, 2.75) is 45.1 Å². The number of carbonyl (C=O) groups is 1. The van der Waals surface area contributed by atoms with Gasteiger partial charge >= 0.3 is 6.09 Å². The molecule has 1 aliphatic heterocycles. The van der Waals surface area contributed by atoms with Crippen LogP contribution in [0, 0.1) is 0 Å². The highest BCUT2D eigenvalue weighted by Gasteiger charge is 2.35. The Morgan fingerprint density at radius 2 is 1.83 bits per heavy atom. The molecule has 0 radical (unpaired) electrons. The van der Waals surface area contributed by atoms with Gasteiger partial charge in [0.15, 0.2) is 0 Å². The highest BCUT2D eigenvalue weighted by molar-refractivity contribution is 7.88. The van der Waals surface area contributed by atoms with Gasteiger partial charge in [-0.3, -0.25) is 0 Å². The number of ether oxygens (including phenoxy) is 1. The smallest absolute Gasteiger partial charge is 0.410 e. The fraction of sp³-hybridized carbons (Fsp3) is 0.588. The monoisotopic (exact) mass is 354 g/mol. The van der Waals surface area contributed by atoms with Crippen molar-refractivity contribution < 1.29 is 17.9 Å². The molecular weight excluding hydrogens is 328 g/mol. The third-order valence-corrected chi connectivity index (χ3v) is 5.72. The van der Waals surface area contributed by atoms with E-state index in [2.05, 4.69) is 0 Å². The quantitative estimate of drug-likeness (QED) is 0.836. The average Bonchev–Trinajstić information content (AvgIpc) is 2.45. The van der Waals surface area contributed by atoms with E-state index in [9.17, 15) is 13.2 Å². The van der Waals surface area contributed by atoms with E-state index in [1.807, 2.05) is 45.9 Å². The summed E-state index contributed by atoms with van der Waals surface area (Å²) < 4.78 is 32.2. The van der Waals surface area contributed by atoms with E-state index in [1.54, 1.807) is 17.0 Å². The Morgan fingerprint density at radius 1 is 1.21 bits per heavy atom. The summed E-state index contributed by atoms with van der Waals surface area (Å²) in [6.07, 6.45) is -0.394. The maximum Gasteiger partial charge on any atom is 0.410 e. The molecule has 7 heteroatoms. The number of nitrogens with zero attached hydrogens (tertiary/aromatic N) is 2. The highest BCUT2D eigenvalue weighted by atomic mass is 32.2. The van der Waals surface area contributed by atoms with Crippen molar-refractivity contribution in [1.82, 2.24) is 9.21 Å². The molecule has 1 amide bonds. The van der Waals surface area contributed by atoms with Crippen molar-refractivity contribution in [1.29, 1.82) is 0 Å². The van der Waals surface area contributed by atoms with E-state index in [0.717, 1.165) is 5.56 Å². The molecule has 1 saturated heterocycles. The molecule has 1 atom stereocenters. The number of piperazine rings is 1. The van der Waals surface area contributed by atoms with Crippen LogP contribution < -0.4 is 0 Å². The molecule has 1 aliphatic rings. The summed E-state index contributed by atoms with van der Waals surface area (Å²) in [5, 5.41) is 0. The third-order valence-electron chi connectivity index (χ3n) is 3.77. The summed E-state index contributed by atoms with van der Waals surface area (Å²) in [7, 11) is -3.42. The van der Waals surface area contributed by atoms with Gasteiger partial charge < -0.3 is 9.64 Å². The van der Waals surface area contributed by atoms with Crippen LogP contribution in [0.15, 0.2) is 30.3 Å². The maximum atomic E-state index is 12.7. The zero-order valence-electron chi connectivity index (χ0n) is 14.7. The Kier molecular flexibility index (Phi) is 5.55. The Labute approximate surface area is 144 Å². The van der Waals surface area contributed by atoms with Gasteiger partial charge in [-0.05, 0) is 33.3 Å². The summed E-state index contributed by atoms with van der Waals surface area (Å²) in [4.78, 5) is 13.7. The lowest BCUT2D eigenvalue weighted by Gasteiger charge is -2.39. The summed E-state index contributed by atoms with van der Waals surface area (Å²) >= 11 is 0. The van der Waals surface area contributed by atoms with Crippen molar-refractivity contribution in [3.05, 3.63) is 35.9 Å². The second-order valence-corrected chi connectivity index (χ2v) is 9.05. The lowest BCUT2D eigenvalue weighted by molar-refractivity contribution is 0.0143. The topological polar surface area (TPSA) is 66.9 Å². The molecule has 6 nitrogen and oxygen atoms in total. The number of amides is 1. The van der Waals surface area contributed by atoms with Gasteiger partial charge in [-0.15, -0.1) is 0 Å². The first-order chi connectivity index (χ1) is 11.1. The Balaban J connectivity index is 2.01. The zero-order valence-corrected chi connectivity index (χ0v) is 15.5. The van der Waals surface area contributed by atoms with Gasteiger partial charge in [0.25, 0.3) is 0 Å². The van der Waals surface area contributed by atoms with E-state index in [0.29, 0.717) is 13.1 Å². The molecule has 0 N–H and O–H groups in total. The molecule has 0 spiro atoms. The molecule has 1 aromatic rings. The number of hydrogen-bond acceptors (Lipinski definition) is 4. The van der Waals surface area contributed by atoms with Gasteiger partial charge in [-0.25, -0.2) is 13.2 Å². The molecule has 0 saturated carbocycles. The van der Waals surface area contributed by atoms with Gasteiger partial charge in [0.1, 0.15) is 5.60 Å². The number of sulfonamides is 1. The normalized spacial score (nSPS) is 20.0. The number of rotatable bonds is 3. The standard InChI is InChI=1S/C17H26N2O4S/c1-14-12-18(16(20)23-17(2,3)4)10-11-19(14)24(21,22)13-15-8-6-5-7-9-15/h5-9,14H,10-13H2,1-4H3. The van der Waals surface area contributed by atoms with Gasteiger partial charge in [-0.1, -0.05) is 30.3 Å². The van der Waals surface area contributed by atoms with Gasteiger partial charge in [0, 0.05) is 25.7 Å². The van der Waals surface area contributed by atoms with Crippen LogP contribution in [0.1, 0.15) is 33.3 Å². The minimum atomic E-state index is -3.42. The Hall–Kier alpha value is -1.60. The van der Waals surface area contributed by atoms with Crippen LogP contribution in [-0.4, -0.2) is 55.0 Å². The van der Waals surface area contributed by atoms with Crippen molar-refractivity contribution in [2.75, 3.05) is 19.6 Å². The molecule has 1 unspecified atom stereocenters. The fourth-order valence-corrected chi connectivity index (χ4v) is 4.47. The average molecular weight is 354 g/mol. The first-order valence-corrected chi connectivity index (χ1v) is 9.71. The molecule has 1 aromatic carbocycles. The van der Waals surface area contributed by atoms with Crippen LogP contribution in [0.3, 0.4) is 0 Å². The summed E-state index contributed by atoms with van der Waals surface area (Å²) in [6, 6.07) is 8.85. The first kappa shape index (κ1) is 18.7. The molecule has 0 aliphatic carbocycles. The Morgan fingerprint density at radius 3 is 2.38 bits per heavy atom. The van der Waals surface area contributed by atoms with E-state index >= 15 is 0 Å². The van der Waals surface area contributed by atoms with Gasteiger partial charge in [0.2, 0.25) is 10.0 Å². The molecular formula is C17H26N2O4S. The van der Waals surface area contributed by atoms with E-state index < -0.39 is 21.7 Å². The van der Waals surface area contributed by atoms with E-state index in [4.69, 9.17) is 4.74 Å². The number of hydrogen-bond donors (Lipinski definition) is 0. The van der Waals surface area contributed by atoms with Crippen molar-refractivity contribution in [3.63, 3.8) is 0 Å². The highest BCUT2D eigenvalue weighted by Crippen LogP contribution is 2.20. The van der Waals surface area contributed by atoms with Crippen LogP contribution in [0.5, 0.6) is 0 Å². The fourth-order valence-electron chi connectivity index (χ4n) is 2.71. The summed E-state index contributed by atoms with van der Waals surface area (Å²) in [5.41, 5.74) is 0.205. The van der Waals surface area contributed by atoms with E-state index in [-0.39, 0.29) is 18.3 Å². The molecule has 134 valence electrons. The molecule has 0 aromatic heterocycles. The molecule has 1 heterocycles. The molecule has 1 fully saturated rings. The van der Waals surface area contributed by atoms with E-state index in [1.165, 1.54) is 4.31 Å². The van der Waals surface area contributed by atoms with Crippen LogP contribution in [-0.2, 0) is 20.5 Å². The van der Waals surface area contributed by atoms with Gasteiger partial charge in [0.05, 0.1) is 5.75 Å². The second-order valence-electron chi connectivity index (χ2n) is 7.13. The van der Waals surface area contributed by atoms with Gasteiger partial charge in [-0.2, -0.15) is 4.31 Å². The predicted octanol–water partition coefficient (Wildman–Crippen LogP) is 2.46. The van der Waals surface area contributed by atoms with Crippen LogP contribution in [0.4, 0.5) is 4.79 Å². The third kappa shape index (κ3) is 4.95. The van der Waals surface area contributed by atoms with Crippen LogP contribution >= 0.6 is 0 Å². The zero-order chi connectivity index (χ0) is 18.0. The number of benzene rings is 1. The molecule has 2 rings (SSSR count). The van der Waals surface area contributed by atoms with Crippen LogP contribution in [0.25, 0.3) is 0 Å². The molecule has 24 heavy (non-hydrogen) atoms. The van der Waals surface area contributed by atoms with Crippen molar-refractivity contribution in [2.24, 2.45) is 0 Å². The SMILES string of the molecule is CC1CN(C(=O)OC(C)(C)C)CCN1S(=O)(=O)Cc1ccccc1. The Bertz CT molecular complexity index is 668. The maximum absolute atomic E-state index is 12.7. The lowest BCUT2D eigenvalue weighted by atomic mass is 10.2. The van der Waals surface area contributed by atoms with Crippen molar-refractivity contribution >= 4 is 16.1 Å². The minimum absolute atomic E-state index is 0.0232. The first-order valence-electron chi connectivity index (χ1n) is 8.10. The minimum Gasteiger partial charge on any atom is -0.444 e. The number of carbonyl (C=O) groups excluding carboxylic acids is 1. The molecule has 0 bridgehead atoms. The summed E-state index contributed by atoms with van der Waals surface area (Å²) in [6.45, 7) is 8.23. The van der Waals surface area contributed by atoms with Crippen LogP contribution in [0.2, 0.25) is 0 Å². The predicted molar refractivity (Wildman–Crippen MR) is 93.0 cm³/mol.